The molecule has 4 heteroatoms. The molecule has 0 saturated carbocycles. The van der Waals surface area contributed by atoms with Gasteiger partial charge in [-0.05, 0) is 55.5 Å². The summed E-state index contributed by atoms with van der Waals surface area (Å²) < 4.78 is 7.38. The quantitative estimate of drug-likeness (QED) is 0.906. The predicted molar refractivity (Wildman–Crippen MR) is 68.1 cm³/mol. The lowest BCUT2D eigenvalue weighted by atomic mass is 10.2. The SMILES string of the molecule is CC(C)COc1c(Br)cc(CO)cc1Br. The molecule has 2 nitrogen and oxygen atoms in total. The molecule has 0 aromatic heterocycles. The minimum Gasteiger partial charge on any atom is -0.491 e. The monoisotopic (exact) mass is 336 g/mol. The van der Waals surface area contributed by atoms with Crippen LogP contribution < -0.4 is 4.74 Å². The molecule has 0 radical (unpaired) electrons. The Morgan fingerprint density at radius 2 is 1.80 bits per heavy atom. The highest BCUT2D eigenvalue weighted by Crippen LogP contribution is 2.35. The predicted octanol–water partition coefficient (Wildman–Crippen LogP) is 3.74. The molecule has 1 aromatic carbocycles. The normalized spacial score (nSPS) is 10.8. The van der Waals surface area contributed by atoms with Gasteiger partial charge in [0, 0.05) is 0 Å². The summed E-state index contributed by atoms with van der Waals surface area (Å²) in [5.41, 5.74) is 0.852. The van der Waals surface area contributed by atoms with Crippen LogP contribution in [0, 0.1) is 5.92 Å². The third-order valence-electron chi connectivity index (χ3n) is 1.80. The summed E-state index contributed by atoms with van der Waals surface area (Å²) in [4.78, 5) is 0. The Morgan fingerprint density at radius 3 is 2.20 bits per heavy atom. The van der Waals surface area contributed by atoms with Crippen molar-refractivity contribution in [2.75, 3.05) is 6.61 Å². The number of aliphatic hydroxyl groups excluding tert-OH is 1. The number of ether oxygens (including phenoxy) is 1. The highest BCUT2D eigenvalue weighted by molar-refractivity contribution is 9.11. The van der Waals surface area contributed by atoms with Gasteiger partial charge in [0.2, 0.25) is 0 Å². The number of halogens is 2. The summed E-state index contributed by atoms with van der Waals surface area (Å²) in [6.07, 6.45) is 0. The lowest BCUT2D eigenvalue weighted by Gasteiger charge is -2.13. The Hall–Kier alpha value is -0.0600. The molecule has 1 aromatic rings. The third-order valence-corrected chi connectivity index (χ3v) is 2.98. The van der Waals surface area contributed by atoms with Crippen molar-refractivity contribution in [3.05, 3.63) is 26.6 Å². The van der Waals surface area contributed by atoms with Gasteiger partial charge in [-0.1, -0.05) is 13.8 Å². The van der Waals surface area contributed by atoms with Gasteiger partial charge in [-0.25, -0.2) is 0 Å². The number of rotatable bonds is 4. The van der Waals surface area contributed by atoms with Crippen LogP contribution in [0.1, 0.15) is 19.4 Å². The van der Waals surface area contributed by atoms with E-state index in [9.17, 15) is 0 Å². The van der Waals surface area contributed by atoms with Gasteiger partial charge in [0.1, 0.15) is 5.75 Å². The molecule has 1 rings (SSSR count). The van der Waals surface area contributed by atoms with Gasteiger partial charge >= 0.3 is 0 Å². The maximum absolute atomic E-state index is 9.01. The summed E-state index contributed by atoms with van der Waals surface area (Å²) in [5.74, 6) is 1.28. The molecule has 0 unspecified atom stereocenters. The lowest BCUT2D eigenvalue weighted by molar-refractivity contribution is 0.266. The Morgan fingerprint density at radius 1 is 1.27 bits per heavy atom. The van der Waals surface area contributed by atoms with Crippen molar-refractivity contribution in [3.8, 4) is 5.75 Å². The molecular weight excluding hydrogens is 324 g/mol. The second-order valence-corrected chi connectivity index (χ2v) is 5.46. The first-order valence-electron chi connectivity index (χ1n) is 4.76. The van der Waals surface area contributed by atoms with Gasteiger partial charge in [0.25, 0.3) is 0 Å². The zero-order valence-corrected chi connectivity index (χ0v) is 11.9. The second kappa shape index (κ2) is 5.87. The first kappa shape index (κ1) is 13.0. The van der Waals surface area contributed by atoms with Gasteiger partial charge in [-0.2, -0.15) is 0 Å². The number of aliphatic hydroxyl groups is 1. The second-order valence-electron chi connectivity index (χ2n) is 3.75. The van der Waals surface area contributed by atoms with E-state index < -0.39 is 0 Å². The molecule has 1 N–H and O–H groups in total. The molecule has 0 aliphatic heterocycles. The van der Waals surface area contributed by atoms with Crippen molar-refractivity contribution in [3.63, 3.8) is 0 Å². The fraction of sp³-hybridized carbons (Fsp3) is 0.455. The van der Waals surface area contributed by atoms with Crippen molar-refractivity contribution in [1.82, 2.24) is 0 Å². The van der Waals surface area contributed by atoms with E-state index in [0.717, 1.165) is 20.3 Å². The Kier molecular flexibility index (Phi) is 5.09. The fourth-order valence-corrected chi connectivity index (χ4v) is 2.60. The molecule has 0 aliphatic carbocycles. The van der Waals surface area contributed by atoms with Crippen LogP contribution in [0.2, 0.25) is 0 Å². The molecule has 0 atom stereocenters. The number of hydrogen-bond acceptors (Lipinski definition) is 2. The highest BCUT2D eigenvalue weighted by atomic mass is 79.9. The molecule has 0 fully saturated rings. The van der Waals surface area contributed by atoms with Crippen molar-refractivity contribution in [2.45, 2.75) is 20.5 Å². The van der Waals surface area contributed by atoms with E-state index in [2.05, 4.69) is 45.7 Å². The Balaban J connectivity index is 2.88. The van der Waals surface area contributed by atoms with E-state index in [-0.39, 0.29) is 6.61 Å². The molecule has 0 spiro atoms. The standard InChI is InChI=1S/C11H14Br2O2/c1-7(2)6-15-11-9(12)3-8(5-14)4-10(11)13/h3-4,7,14H,5-6H2,1-2H3. The molecular formula is C11H14Br2O2. The first-order valence-corrected chi connectivity index (χ1v) is 6.34. The largest absolute Gasteiger partial charge is 0.491 e. The number of benzene rings is 1. The molecule has 0 heterocycles. The van der Waals surface area contributed by atoms with Crippen molar-refractivity contribution in [1.29, 1.82) is 0 Å². The first-order chi connectivity index (χ1) is 7.04. The van der Waals surface area contributed by atoms with E-state index >= 15 is 0 Å². The average Bonchev–Trinajstić information content (AvgIpc) is 2.15. The zero-order chi connectivity index (χ0) is 11.4. The van der Waals surface area contributed by atoms with Crippen LogP contribution in [0.3, 0.4) is 0 Å². The van der Waals surface area contributed by atoms with Crippen molar-refractivity contribution < 1.29 is 9.84 Å². The van der Waals surface area contributed by atoms with E-state index in [4.69, 9.17) is 9.84 Å². The highest BCUT2D eigenvalue weighted by Gasteiger charge is 2.09. The maximum Gasteiger partial charge on any atom is 0.147 e. The topological polar surface area (TPSA) is 29.5 Å². The minimum atomic E-state index is 0.0294. The summed E-state index contributed by atoms with van der Waals surface area (Å²) in [5, 5.41) is 9.01. The molecule has 0 saturated heterocycles. The molecule has 84 valence electrons. The van der Waals surface area contributed by atoms with E-state index in [1.165, 1.54) is 0 Å². The van der Waals surface area contributed by atoms with Crippen LogP contribution in [-0.4, -0.2) is 11.7 Å². The minimum absolute atomic E-state index is 0.0294. The Bertz CT molecular complexity index is 314. The molecule has 0 amide bonds. The molecule has 0 bridgehead atoms. The van der Waals surface area contributed by atoms with Gasteiger partial charge in [-0.3, -0.25) is 0 Å². The summed E-state index contributed by atoms with van der Waals surface area (Å²) in [7, 11) is 0. The molecule has 15 heavy (non-hydrogen) atoms. The average molecular weight is 338 g/mol. The zero-order valence-electron chi connectivity index (χ0n) is 8.76. The summed E-state index contributed by atoms with van der Waals surface area (Å²) in [6, 6.07) is 3.72. The van der Waals surface area contributed by atoms with Crippen LogP contribution in [0.5, 0.6) is 5.75 Å². The lowest BCUT2D eigenvalue weighted by Crippen LogP contribution is -2.05. The Labute approximate surface area is 107 Å². The van der Waals surface area contributed by atoms with Crippen molar-refractivity contribution >= 4 is 31.9 Å². The van der Waals surface area contributed by atoms with Crippen LogP contribution in [0.4, 0.5) is 0 Å². The van der Waals surface area contributed by atoms with Crippen LogP contribution in [0.15, 0.2) is 21.1 Å². The third kappa shape index (κ3) is 3.78. The van der Waals surface area contributed by atoms with Crippen LogP contribution >= 0.6 is 31.9 Å². The van der Waals surface area contributed by atoms with Gasteiger partial charge in [-0.15, -0.1) is 0 Å². The smallest absolute Gasteiger partial charge is 0.147 e. The van der Waals surface area contributed by atoms with Gasteiger partial charge in [0.05, 0.1) is 22.2 Å². The fourth-order valence-electron chi connectivity index (χ4n) is 1.09. The van der Waals surface area contributed by atoms with Gasteiger partial charge < -0.3 is 9.84 Å². The van der Waals surface area contributed by atoms with Gasteiger partial charge in [0.15, 0.2) is 0 Å². The van der Waals surface area contributed by atoms with E-state index in [1.54, 1.807) is 0 Å². The van der Waals surface area contributed by atoms with E-state index in [1.807, 2.05) is 12.1 Å². The maximum atomic E-state index is 9.01. The number of hydrogen-bond donors (Lipinski definition) is 1. The van der Waals surface area contributed by atoms with Crippen LogP contribution in [-0.2, 0) is 6.61 Å². The molecule has 0 aliphatic rings. The van der Waals surface area contributed by atoms with E-state index in [0.29, 0.717) is 12.5 Å². The summed E-state index contributed by atoms with van der Waals surface area (Å²) >= 11 is 6.85. The van der Waals surface area contributed by atoms with Crippen LogP contribution in [0.25, 0.3) is 0 Å². The summed E-state index contributed by atoms with van der Waals surface area (Å²) in [6.45, 7) is 4.91. The van der Waals surface area contributed by atoms with Crippen molar-refractivity contribution in [2.24, 2.45) is 5.92 Å².